The van der Waals surface area contributed by atoms with E-state index in [9.17, 15) is 0 Å². The first-order chi connectivity index (χ1) is 11.1. The lowest BCUT2D eigenvalue weighted by molar-refractivity contribution is 0.224. The summed E-state index contributed by atoms with van der Waals surface area (Å²) in [5, 5.41) is 0. The predicted molar refractivity (Wildman–Crippen MR) is 101 cm³/mol. The summed E-state index contributed by atoms with van der Waals surface area (Å²) in [5.74, 6) is 0. The molecule has 1 rings (SSSR count). The van der Waals surface area contributed by atoms with E-state index < -0.39 is 0 Å². The molecule has 0 N–H and O–H groups in total. The highest BCUT2D eigenvalue weighted by Gasteiger charge is 2.34. The number of aliphatic imine (C=N–C) groups is 1. The van der Waals surface area contributed by atoms with Gasteiger partial charge in [-0.25, -0.2) is 0 Å². The first kappa shape index (κ1) is 19.6. The van der Waals surface area contributed by atoms with Gasteiger partial charge in [0.15, 0.2) is 0 Å². The standard InChI is InChI=1S/C21H33NO/c1-7-14-21(15-8-2,20-13-11-10-12-17(20)4)18(5)22-19(9-3)16-23-6/h9-13H,7-8,14-16H2,1-6H3/b19-9-,22-18?. The fourth-order valence-corrected chi connectivity index (χ4v) is 3.56. The van der Waals surface area contributed by atoms with Gasteiger partial charge in [0.05, 0.1) is 12.3 Å². The van der Waals surface area contributed by atoms with Gasteiger partial charge in [0.25, 0.3) is 0 Å². The normalized spacial score (nSPS) is 13.5. The second-order valence-corrected chi connectivity index (χ2v) is 6.31. The zero-order chi connectivity index (χ0) is 17.3. The van der Waals surface area contributed by atoms with Crippen LogP contribution in [0.25, 0.3) is 0 Å². The third-order valence-corrected chi connectivity index (χ3v) is 4.64. The Balaban J connectivity index is 3.44. The number of hydrogen-bond acceptors (Lipinski definition) is 2. The zero-order valence-electron chi connectivity index (χ0n) is 15.8. The van der Waals surface area contributed by atoms with Crippen LogP contribution in [0, 0.1) is 6.92 Å². The molecule has 0 amide bonds. The van der Waals surface area contributed by atoms with Crippen molar-refractivity contribution in [2.75, 3.05) is 13.7 Å². The molecule has 0 saturated heterocycles. The van der Waals surface area contributed by atoms with E-state index in [0.29, 0.717) is 6.61 Å². The molecule has 23 heavy (non-hydrogen) atoms. The average molecular weight is 316 g/mol. The Labute approximate surface area is 142 Å². The van der Waals surface area contributed by atoms with Crippen LogP contribution < -0.4 is 0 Å². The van der Waals surface area contributed by atoms with E-state index >= 15 is 0 Å². The van der Waals surface area contributed by atoms with E-state index in [1.54, 1.807) is 7.11 Å². The van der Waals surface area contributed by atoms with Crippen molar-refractivity contribution in [2.45, 2.75) is 65.7 Å². The fraction of sp³-hybridized carbons (Fsp3) is 0.571. The minimum Gasteiger partial charge on any atom is -0.378 e. The number of ether oxygens (including phenoxy) is 1. The average Bonchev–Trinajstić information content (AvgIpc) is 2.54. The van der Waals surface area contributed by atoms with Crippen molar-refractivity contribution in [2.24, 2.45) is 4.99 Å². The van der Waals surface area contributed by atoms with Gasteiger partial charge < -0.3 is 4.74 Å². The van der Waals surface area contributed by atoms with Gasteiger partial charge in [-0.1, -0.05) is 57.0 Å². The molecule has 0 aliphatic carbocycles. The highest BCUT2D eigenvalue weighted by Crippen LogP contribution is 2.38. The molecular formula is C21H33NO. The van der Waals surface area contributed by atoms with E-state index in [2.05, 4.69) is 52.0 Å². The SMILES string of the molecule is C/C=C(/COC)N=C(C)C(CCC)(CCC)c1ccccc1C. The summed E-state index contributed by atoms with van der Waals surface area (Å²) in [5.41, 5.74) is 5.03. The van der Waals surface area contributed by atoms with E-state index in [-0.39, 0.29) is 5.41 Å². The molecule has 0 spiro atoms. The van der Waals surface area contributed by atoms with Crippen LogP contribution in [-0.4, -0.2) is 19.4 Å². The van der Waals surface area contributed by atoms with Gasteiger partial charge in [0.1, 0.15) is 0 Å². The summed E-state index contributed by atoms with van der Waals surface area (Å²) < 4.78 is 5.28. The lowest BCUT2D eigenvalue weighted by Gasteiger charge is -2.36. The van der Waals surface area contributed by atoms with Gasteiger partial charge in [-0.3, -0.25) is 4.99 Å². The molecule has 2 heteroatoms. The second-order valence-electron chi connectivity index (χ2n) is 6.31. The molecule has 1 aromatic carbocycles. The molecule has 0 aromatic heterocycles. The summed E-state index contributed by atoms with van der Waals surface area (Å²) in [6, 6.07) is 8.78. The van der Waals surface area contributed by atoms with Crippen LogP contribution in [0.2, 0.25) is 0 Å². The number of nitrogens with zero attached hydrogens (tertiary/aromatic N) is 1. The molecule has 0 radical (unpaired) electrons. The number of methoxy groups -OCH3 is 1. The lowest BCUT2D eigenvalue weighted by Crippen LogP contribution is -2.35. The van der Waals surface area contributed by atoms with Gasteiger partial charge in [0.2, 0.25) is 0 Å². The number of allylic oxidation sites excluding steroid dienone is 1. The lowest BCUT2D eigenvalue weighted by atomic mass is 9.69. The van der Waals surface area contributed by atoms with Crippen LogP contribution in [0.1, 0.15) is 64.5 Å². The molecule has 0 aliphatic heterocycles. The Morgan fingerprint density at radius 3 is 2.26 bits per heavy atom. The molecule has 2 nitrogen and oxygen atoms in total. The molecular weight excluding hydrogens is 282 g/mol. The van der Waals surface area contributed by atoms with Crippen molar-refractivity contribution < 1.29 is 4.74 Å². The summed E-state index contributed by atoms with van der Waals surface area (Å²) in [4.78, 5) is 4.96. The summed E-state index contributed by atoms with van der Waals surface area (Å²) in [6.07, 6.45) is 6.61. The maximum absolute atomic E-state index is 5.28. The van der Waals surface area contributed by atoms with Crippen molar-refractivity contribution in [3.05, 3.63) is 47.2 Å². The first-order valence-corrected chi connectivity index (χ1v) is 8.81. The van der Waals surface area contributed by atoms with E-state index in [4.69, 9.17) is 9.73 Å². The van der Waals surface area contributed by atoms with Gasteiger partial charge in [-0.05, 0) is 44.7 Å². The Morgan fingerprint density at radius 2 is 1.78 bits per heavy atom. The molecule has 0 heterocycles. The molecule has 0 atom stereocenters. The number of rotatable bonds is 9. The minimum absolute atomic E-state index is 0.0246. The fourth-order valence-electron chi connectivity index (χ4n) is 3.56. The maximum Gasteiger partial charge on any atom is 0.0880 e. The highest BCUT2D eigenvalue weighted by atomic mass is 16.5. The monoisotopic (exact) mass is 315 g/mol. The Hall–Kier alpha value is -1.41. The van der Waals surface area contributed by atoms with E-state index in [1.165, 1.54) is 16.8 Å². The number of aryl methyl sites for hydroxylation is 1. The molecule has 0 unspecified atom stereocenters. The van der Waals surface area contributed by atoms with Crippen LogP contribution in [0.5, 0.6) is 0 Å². The van der Waals surface area contributed by atoms with Crippen LogP contribution in [0.3, 0.4) is 0 Å². The maximum atomic E-state index is 5.28. The molecule has 0 fully saturated rings. The molecule has 128 valence electrons. The zero-order valence-corrected chi connectivity index (χ0v) is 15.8. The number of hydrogen-bond donors (Lipinski definition) is 0. The van der Waals surface area contributed by atoms with Gasteiger partial charge in [-0.2, -0.15) is 0 Å². The largest absolute Gasteiger partial charge is 0.378 e. The topological polar surface area (TPSA) is 21.6 Å². The Kier molecular flexibility index (Phi) is 8.25. The predicted octanol–water partition coefficient (Wildman–Crippen LogP) is 5.84. The van der Waals surface area contributed by atoms with Crippen molar-refractivity contribution in [3.8, 4) is 0 Å². The smallest absolute Gasteiger partial charge is 0.0880 e. The van der Waals surface area contributed by atoms with Crippen molar-refractivity contribution in [1.82, 2.24) is 0 Å². The van der Waals surface area contributed by atoms with E-state index in [1.807, 2.05) is 13.0 Å². The Bertz CT molecular complexity index is 537. The van der Waals surface area contributed by atoms with Gasteiger partial charge in [-0.15, -0.1) is 0 Å². The van der Waals surface area contributed by atoms with Crippen molar-refractivity contribution in [3.63, 3.8) is 0 Å². The summed E-state index contributed by atoms with van der Waals surface area (Å²) in [6.45, 7) is 11.5. The van der Waals surface area contributed by atoms with Crippen LogP contribution in [0.4, 0.5) is 0 Å². The van der Waals surface area contributed by atoms with Crippen LogP contribution in [0.15, 0.2) is 41.0 Å². The quantitative estimate of drug-likeness (QED) is 0.524. The molecule has 0 aliphatic rings. The summed E-state index contributed by atoms with van der Waals surface area (Å²) in [7, 11) is 1.72. The van der Waals surface area contributed by atoms with Crippen LogP contribution >= 0.6 is 0 Å². The Morgan fingerprint density at radius 1 is 1.17 bits per heavy atom. The molecule has 0 bridgehead atoms. The molecule has 0 saturated carbocycles. The van der Waals surface area contributed by atoms with Gasteiger partial charge in [0, 0.05) is 18.2 Å². The van der Waals surface area contributed by atoms with Crippen molar-refractivity contribution in [1.29, 1.82) is 0 Å². The van der Waals surface area contributed by atoms with Gasteiger partial charge >= 0.3 is 0 Å². The van der Waals surface area contributed by atoms with Crippen LogP contribution in [-0.2, 0) is 10.2 Å². The highest BCUT2D eigenvalue weighted by molar-refractivity contribution is 5.94. The minimum atomic E-state index is 0.0246. The first-order valence-electron chi connectivity index (χ1n) is 8.81. The molecule has 1 aromatic rings. The summed E-state index contributed by atoms with van der Waals surface area (Å²) >= 11 is 0. The third kappa shape index (κ3) is 4.78. The number of benzene rings is 1. The van der Waals surface area contributed by atoms with E-state index in [0.717, 1.165) is 31.4 Å². The van der Waals surface area contributed by atoms with Crippen molar-refractivity contribution >= 4 is 5.71 Å². The third-order valence-electron chi connectivity index (χ3n) is 4.64. The second kappa shape index (κ2) is 9.67.